The lowest BCUT2D eigenvalue weighted by atomic mass is 10.0. The van der Waals surface area contributed by atoms with Crippen molar-refractivity contribution in [1.82, 2.24) is 10.2 Å². The normalized spacial score (nSPS) is 27.2. The average Bonchev–Trinajstić information content (AvgIpc) is 2.99. The fourth-order valence-electron chi connectivity index (χ4n) is 3.81. The molecule has 1 aromatic carbocycles. The van der Waals surface area contributed by atoms with Crippen molar-refractivity contribution in [2.45, 2.75) is 39.2 Å². The fraction of sp³-hybridized carbons (Fsp3) is 0.556. The van der Waals surface area contributed by atoms with Crippen LogP contribution in [0.3, 0.4) is 0 Å². The van der Waals surface area contributed by atoms with Gasteiger partial charge in [0.15, 0.2) is 0 Å². The predicted octanol–water partition coefficient (Wildman–Crippen LogP) is 2.08. The minimum atomic E-state index is -0.415. The summed E-state index contributed by atoms with van der Waals surface area (Å²) in [5.74, 6) is 1.80. The smallest absolute Gasteiger partial charge is 0.244 e. The zero-order valence-corrected chi connectivity index (χ0v) is 13.5. The first-order chi connectivity index (χ1) is 10.5. The number of hydrogen-bond acceptors (Lipinski definition) is 2. The average molecular weight is 300 g/mol. The molecular weight excluding hydrogens is 276 g/mol. The van der Waals surface area contributed by atoms with Gasteiger partial charge < -0.3 is 10.2 Å². The molecule has 1 aromatic rings. The molecule has 3 atom stereocenters. The highest BCUT2D eigenvalue weighted by Crippen LogP contribution is 2.58. The molecule has 2 aliphatic rings. The van der Waals surface area contributed by atoms with Crippen LogP contribution in [0.4, 0.5) is 0 Å². The zero-order chi connectivity index (χ0) is 15.9. The Kier molecular flexibility index (Phi) is 3.94. The number of fused-ring (bicyclic) bond motifs is 1. The van der Waals surface area contributed by atoms with E-state index >= 15 is 0 Å². The van der Waals surface area contributed by atoms with Gasteiger partial charge in [0.2, 0.25) is 11.8 Å². The Morgan fingerprint density at radius 1 is 1.27 bits per heavy atom. The van der Waals surface area contributed by atoms with E-state index in [1.54, 1.807) is 13.8 Å². The van der Waals surface area contributed by atoms with Gasteiger partial charge in [0.25, 0.3) is 0 Å². The lowest BCUT2D eigenvalue weighted by Gasteiger charge is -2.24. The molecule has 4 heteroatoms. The zero-order valence-electron chi connectivity index (χ0n) is 13.5. The Morgan fingerprint density at radius 3 is 2.50 bits per heavy atom. The molecular formula is C18H24N2O2. The van der Waals surface area contributed by atoms with Gasteiger partial charge in [-0.2, -0.15) is 0 Å². The maximum absolute atomic E-state index is 12.4. The molecule has 0 radical (unpaired) electrons. The Morgan fingerprint density at radius 2 is 1.91 bits per heavy atom. The summed E-state index contributed by atoms with van der Waals surface area (Å²) in [6, 6.07) is 8.14. The van der Waals surface area contributed by atoms with E-state index in [-0.39, 0.29) is 11.8 Å². The highest BCUT2D eigenvalue weighted by atomic mass is 16.2. The lowest BCUT2D eigenvalue weighted by Crippen LogP contribution is -2.46. The van der Waals surface area contributed by atoms with E-state index in [9.17, 15) is 9.59 Å². The first-order valence-corrected chi connectivity index (χ1v) is 8.16. The molecule has 1 aliphatic heterocycles. The molecule has 1 heterocycles. The van der Waals surface area contributed by atoms with Crippen molar-refractivity contribution in [2.24, 2.45) is 11.8 Å². The third kappa shape index (κ3) is 2.62. The summed E-state index contributed by atoms with van der Waals surface area (Å²) < 4.78 is 0. The number of nitrogens with one attached hydrogen (secondary N) is 1. The van der Waals surface area contributed by atoms with Crippen LogP contribution in [0.1, 0.15) is 37.3 Å². The van der Waals surface area contributed by atoms with Gasteiger partial charge in [0.05, 0.1) is 0 Å². The number of likely N-dealkylation sites (tertiary alicyclic amines) is 1. The van der Waals surface area contributed by atoms with E-state index in [2.05, 4.69) is 36.5 Å². The molecule has 2 fully saturated rings. The van der Waals surface area contributed by atoms with E-state index in [1.165, 1.54) is 11.1 Å². The standard InChI is InChI=1S/C18H24N2O2/c1-4-16(21)19-12(3)18(22)20-9-14-15(10-20)17(14)13-8-6-5-7-11(13)2/h5-8,12,14-15,17H,4,9-10H2,1-3H3,(H,19,21). The number of piperidine rings is 1. The van der Waals surface area contributed by atoms with Gasteiger partial charge in [-0.25, -0.2) is 0 Å². The van der Waals surface area contributed by atoms with Crippen LogP contribution in [0.25, 0.3) is 0 Å². The maximum Gasteiger partial charge on any atom is 0.244 e. The van der Waals surface area contributed by atoms with Crippen LogP contribution in [-0.4, -0.2) is 35.8 Å². The molecule has 1 saturated heterocycles. The summed E-state index contributed by atoms with van der Waals surface area (Å²) in [6.45, 7) is 7.39. The number of rotatable bonds is 4. The molecule has 1 N–H and O–H groups in total. The Bertz CT molecular complexity index is 587. The van der Waals surface area contributed by atoms with Crippen LogP contribution >= 0.6 is 0 Å². The number of aryl methyl sites for hydroxylation is 1. The number of carbonyl (C=O) groups is 2. The van der Waals surface area contributed by atoms with E-state index in [0.717, 1.165) is 13.1 Å². The lowest BCUT2D eigenvalue weighted by molar-refractivity contribution is -0.135. The van der Waals surface area contributed by atoms with Crippen molar-refractivity contribution in [3.05, 3.63) is 35.4 Å². The van der Waals surface area contributed by atoms with Crippen LogP contribution in [0.2, 0.25) is 0 Å². The van der Waals surface area contributed by atoms with Crippen molar-refractivity contribution in [1.29, 1.82) is 0 Å². The third-order valence-corrected chi connectivity index (χ3v) is 5.12. The number of carbonyl (C=O) groups excluding carboxylic acids is 2. The van der Waals surface area contributed by atoms with Crippen LogP contribution in [-0.2, 0) is 9.59 Å². The number of nitrogens with zero attached hydrogens (tertiary/aromatic N) is 1. The van der Waals surface area contributed by atoms with Crippen LogP contribution in [0, 0.1) is 18.8 Å². The van der Waals surface area contributed by atoms with Crippen LogP contribution < -0.4 is 5.32 Å². The monoisotopic (exact) mass is 300 g/mol. The SMILES string of the molecule is CCC(=O)NC(C)C(=O)N1CC2C(C1)C2c1ccccc1C. The van der Waals surface area contributed by atoms with E-state index in [4.69, 9.17) is 0 Å². The molecule has 0 spiro atoms. The summed E-state index contributed by atoms with van der Waals surface area (Å²) in [6.07, 6.45) is 0.415. The first-order valence-electron chi connectivity index (χ1n) is 8.16. The number of hydrogen-bond donors (Lipinski definition) is 1. The Hall–Kier alpha value is -1.84. The Balaban J connectivity index is 1.57. The van der Waals surface area contributed by atoms with Crippen molar-refractivity contribution < 1.29 is 9.59 Å². The molecule has 1 saturated carbocycles. The first kappa shape index (κ1) is 15.1. The highest BCUT2D eigenvalue weighted by molar-refractivity contribution is 5.87. The summed E-state index contributed by atoms with van der Waals surface area (Å²) in [7, 11) is 0. The fourth-order valence-corrected chi connectivity index (χ4v) is 3.81. The molecule has 3 unspecified atom stereocenters. The number of amides is 2. The topological polar surface area (TPSA) is 49.4 Å². The second-order valence-corrected chi connectivity index (χ2v) is 6.60. The van der Waals surface area contributed by atoms with Gasteiger partial charge in [-0.15, -0.1) is 0 Å². The minimum absolute atomic E-state index is 0.0533. The van der Waals surface area contributed by atoms with E-state index < -0.39 is 6.04 Å². The second-order valence-electron chi connectivity index (χ2n) is 6.60. The van der Waals surface area contributed by atoms with Crippen molar-refractivity contribution >= 4 is 11.8 Å². The molecule has 118 valence electrons. The minimum Gasteiger partial charge on any atom is -0.345 e. The van der Waals surface area contributed by atoms with Crippen molar-refractivity contribution in [3.8, 4) is 0 Å². The highest BCUT2D eigenvalue weighted by Gasteiger charge is 2.57. The van der Waals surface area contributed by atoms with E-state index in [1.807, 2.05) is 4.90 Å². The van der Waals surface area contributed by atoms with Gasteiger partial charge in [-0.1, -0.05) is 31.2 Å². The van der Waals surface area contributed by atoms with Crippen molar-refractivity contribution in [3.63, 3.8) is 0 Å². The third-order valence-electron chi connectivity index (χ3n) is 5.12. The summed E-state index contributed by atoms with van der Waals surface area (Å²) >= 11 is 0. The molecule has 1 aliphatic carbocycles. The molecule has 4 nitrogen and oxygen atoms in total. The van der Waals surface area contributed by atoms with Crippen LogP contribution in [0.5, 0.6) is 0 Å². The molecule has 0 bridgehead atoms. The second kappa shape index (κ2) is 5.75. The molecule has 3 rings (SSSR count). The largest absolute Gasteiger partial charge is 0.345 e. The van der Waals surface area contributed by atoms with Gasteiger partial charge >= 0.3 is 0 Å². The summed E-state index contributed by atoms with van der Waals surface area (Å²) in [4.78, 5) is 25.7. The summed E-state index contributed by atoms with van der Waals surface area (Å²) in [5.41, 5.74) is 2.79. The quantitative estimate of drug-likeness (QED) is 0.925. The van der Waals surface area contributed by atoms with Gasteiger partial charge in [-0.3, -0.25) is 9.59 Å². The van der Waals surface area contributed by atoms with Crippen LogP contribution in [0.15, 0.2) is 24.3 Å². The summed E-state index contributed by atoms with van der Waals surface area (Å²) in [5, 5.41) is 2.76. The predicted molar refractivity (Wildman–Crippen MR) is 85.4 cm³/mol. The van der Waals surface area contributed by atoms with Gasteiger partial charge in [0.1, 0.15) is 6.04 Å². The number of benzene rings is 1. The maximum atomic E-state index is 12.4. The van der Waals surface area contributed by atoms with Gasteiger partial charge in [0, 0.05) is 19.5 Å². The van der Waals surface area contributed by atoms with Crippen molar-refractivity contribution in [2.75, 3.05) is 13.1 Å². The molecule has 22 heavy (non-hydrogen) atoms. The van der Waals surface area contributed by atoms with E-state index in [0.29, 0.717) is 24.2 Å². The molecule has 2 amide bonds. The Labute approximate surface area is 131 Å². The van der Waals surface area contributed by atoms with Gasteiger partial charge in [-0.05, 0) is 42.7 Å². The molecule has 0 aromatic heterocycles.